The molecule has 0 aliphatic carbocycles. The number of rotatable bonds is 5. The van der Waals surface area contributed by atoms with Gasteiger partial charge in [0.25, 0.3) is 0 Å². The van der Waals surface area contributed by atoms with Gasteiger partial charge in [-0.05, 0) is 61.9 Å². The van der Waals surface area contributed by atoms with Crippen molar-refractivity contribution in [3.05, 3.63) is 58.9 Å². The molecule has 5 rings (SSSR count). The molecule has 4 heterocycles. The number of benzene rings is 1. The summed E-state index contributed by atoms with van der Waals surface area (Å²) in [5, 5.41) is 12.0. The number of aliphatic hydroxyl groups is 1. The molecule has 0 saturated carbocycles. The molecule has 30 heavy (non-hydrogen) atoms. The SMILES string of the molecule is Cc1ccnc(N2CCN(CCc3c(C(C)O)n4c5c(cccc35)CCC4)CC2)c1. The smallest absolute Gasteiger partial charge is 0.128 e. The Kier molecular flexibility index (Phi) is 5.25. The highest BCUT2D eigenvalue weighted by atomic mass is 16.3. The molecular formula is C25H32N4O. The van der Waals surface area contributed by atoms with Gasteiger partial charge in [0.2, 0.25) is 0 Å². The van der Waals surface area contributed by atoms with Gasteiger partial charge in [-0.1, -0.05) is 18.2 Å². The molecule has 5 nitrogen and oxygen atoms in total. The van der Waals surface area contributed by atoms with E-state index >= 15 is 0 Å². The van der Waals surface area contributed by atoms with Crippen molar-refractivity contribution in [2.75, 3.05) is 37.6 Å². The Hall–Kier alpha value is -2.37. The van der Waals surface area contributed by atoms with E-state index in [1.807, 2.05) is 13.1 Å². The first-order chi connectivity index (χ1) is 14.6. The van der Waals surface area contributed by atoms with Crippen LogP contribution in [0.3, 0.4) is 0 Å². The Morgan fingerprint density at radius 1 is 1.10 bits per heavy atom. The Bertz CT molecular complexity index is 1050. The van der Waals surface area contributed by atoms with Gasteiger partial charge in [-0.2, -0.15) is 0 Å². The number of aryl methyl sites for hydroxylation is 3. The van der Waals surface area contributed by atoms with Crippen LogP contribution in [0, 0.1) is 6.92 Å². The van der Waals surface area contributed by atoms with Crippen molar-refractivity contribution < 1.29 is 5.11 Å². The van der Waals surface area contributed by atoms with E-state index in [2.05, 4.69) is 56.6 Å². The van der Waals surface area contributed by atoms with Crippen LogP contribution in [-0.4, -0.2) is 52.3 Å². The average Bonchev–Trinajstić information content (AvgIpc) is 3.08. The molecule has 1 unspecified atom stereocenters. The normalized spacial score (nSPS) is 18.2. The molecule has 1 aromatic carbocycles. The second kappa shape index (κ2) is 8.05. The number of nitrogens with zero attached hydrogens (tertiary/aromatic N) is 4. The minimum Gasteiger partial charge on any atom is -0.387 e. The molecule has 2 aliphatic rings. The van der Waals surface area contributed by atoms with Crippen molar-refractivity contribution in [1.29, 1.82) is 0 Å². The molecule has 1 fully saturated rings. The van der Waals surface area contributed by atoms with Crippen LogP contribution in [0.2, 0.25) is 0 Å². The van der Waals surface area contributed by atoms with Crippen molar-refractivity contribution in [3.63, 3.8) is 0 Å². The van der Waals surface area contributed by atoms with E-state index in [0.717, 1.165) is 70.0 Å². The second-order valence-electron chi connectivity index (χ2n) is 8.88. The third kappa shape index (κ3) is 3.50. The maximum absolute atomic E-state index is 10.6. The predicted molar refractivity (Wildman–Crippen MR) is 122 cm³/mol. The van der Waals surface area contributed by atoms with Crippen LogP contribution in [0.1, 0.15) is 41.8 Å². The molecule has 2 aromatic heterocycles. The highest BCUT2D eigenvalue weighted by Gasteiger charge is 2.25. The van der Waals surface area contributed by atoms with Crippen LogP contribution in [0.15, 0.2) is 36.5 Å². The second-order valence-corrected chi connectivity index (χ2v) is 8.88. The molecule has 0 amide bonds. The van der Waals surface area contributed by atoms with E-state index in [4.69, 9.17) is 0 Å². The Balaban J connectivity index is 1.32. The van der Waals surface area contributed by atoms with E-state index in [1.165, 1.54) is 27.6 Å². The number of aromatic nitrogens is 2. The molecule has 2 aliphatic heterocycles. The van der Waals surface area contributed by atoms with Gasteiger partial charge in [0.05, 0.1) is 17.3 Å². The van der Waals surface area contributed by atoms with Gasteiger partial charge < -0.3 is 14.6 Å². The van der Waals surface area contributed by atoms with Gasteiger partial charge in [-0.25, -0.2) is 4.98 Å². The Morgan fingerprint density at radius 2 is 1.93 bits per heavy atom. The summed E-state index contributed by atoms with van der Waals surface area (Å²) in [6, 6.07) is 10.9. The lowest BCUT2D eigenvalue weighted by atomic mass is 10.0. The van der Waals surface area contributed by atoms with Crippen LogP contribution in [-0.2, 0) is 19.4 Å². The third-order valence-corrected chi connectivity index (χ3v) is 6.81. The van der Waals surface area contributed by atoms with Gasteiger partial charge >= 0.3 is 0 Å². The maximum Gasteiger partial charge on any atom is 0.128 e. The molecule has 158 valence electrons. The fourth-order valence-electron chi connectivity index (χ4n) is 5.34. The van der Waals surface area contributed by atoms with E-state index in [0.29, 0.717) is 0 Å². The summed E-state index contributed by atoms with van der Waals surface area (Å²) in [5.74, 6) is 1.10. The fourth-order valence-corrected chi connectivity index (χ4v) is 5.34. The zero-order valence-electron chi connectivity index (χ0n) is 18.1. The quantitative estimate of drug-likeness (QED) is 0.704. The van der Waals surface area contributed by atoms with E-state index in [-0.39, 0.29) is 0 Å². The summed E-state index contributed by atoms with van der Waals surface area (Å²) in [7, 11) is 0. The number of anilines is 1. The van der Waals surface area contributed by atoms with Crippen molar-refractivity contribution >= 4 is 16.7 Å². The lowest BCUT2D eigenvalue weighted by Crippen LogP contribution is -2.47. The number of hydrogen-bond donors (Lipinski definition) is 1. The van der Waals surface area contributed by atoms with Gasteiger partial charge in [0.15, 0.2) is 0 Å². The summed E-state index contributed by atoms with van der Waals surface area (Å²) < 4.78 is 2.40. The fraction of sp³-hybridized carbons (Fsp3) is 0.480. The van der Waals surface area contributed by atoms with Gasteiger partial charge in [0, 0.05) is 50.9 Å². The van der Waals surface area contributed by atoms with Crippen LogP contribution < -0.4 is 4.90 Å². The molecule has 1 atom stereocenters. The molecule has 5 heteroatoms. The van der Waals surface area contributed by atoms with Gasteiger partial charge in [-0.3, -0.25) is 4.90 Å². The van der Waals surface area contributed by atoms with Crippen molar-refractivity contribution in [3.8, 4) is 0 Å². The highest BCUT2D eigenvalue weighted by molar-refractivity contribution is 5.89. The molecule has 0 spiro atoms. The van der Waals surface area contributed by atoms with Gasteiger partial charge in [0.1, 0.15) is 5.82 Å². The van der Waals surface area contributed by atoms with Crippen LogP contribution in [0.5, 0.6) is 0 Å². The predicted octanol–water partition coefficient (Wildman–Crippen LogP) is 3.71. The largest absolute Gasteiger partial charge is 0.387 e. The number of para-hydroxylation sites is 1. The van der Waals surface area contributed by atoms with Crippen LogP contribution >= 0.6 is 0 Å². The molecular weight excluding hydrogens is 372 g/mol. The number of hydrogen-bond acceptors (Lipinski definition) is 4. The standard InChI is InChI=1S/C25H32N4O/c1-18-8-10-26-23(17-18)28-15-13-27(14-16-28)12-9-22-21-7-3-5-20-6-4-11-29(25(20)21)24(22)19(2)30/h3,5,7-8,10,17,19,30H,4,6,9,11-16H2,1-2H3. The Morgan fingerprint density at radius 3 is 2.70 bits per heavy atom. The summed E-state index contributed by atoms with van der Waals surface area (Å²) in [6.45, 7) is 10.3. The number of piperazine rings is 1. The molecule has 1 N–H and O–H groups in total. The van der Waals surface area contributed by atoms with Crippen LogP contribution in [0.4, 0.5) is 5.82 Å². The first-order valence-corrected chi connectivity index (χ1v) is 11.3. The minimum absolute atomic E-state index is 0.428. The van der Waals surface area contributed by atoms with Crippen molar-refractivity contribution in [2.45, 2.75) is 45.8 Å². The minimum atomic E-state index is -0.428. The Labute approximate surface area is 178 Å². The van der Waals surface area contributed by atoms with Crippen molar-refractivity contribution in [2.24, 2.45) is 0 Å². The summed E-state index contributed by atoms with van der Waals surface area (Å²) in [5.41, 5.74) is 6.56. The topological polar surface area (TPSA) is 44.5 Å². The van der Waals surface area contributed by atoms with Crippen molar-refractivity contribution in [1.82, 2.24) is 14.5 Å². The van der Waals surface area contributed by atoms with Gasteiger partial charge in [-0.15, -0.1) is 0 Å². The summed E-state index contributed by atoms with van der Waals surface area (Å²) in [4.78, 5) is 9.50. The summed E-state index contributed by atoms with van der Waals surface area (Å²) in [6.07, 6.45) is 4.79. The first kappa shape index (κ1) is 19.6. The average molecular weight is 405 g/mol. The lowest BCUT2D eigenvalue weighted by molar-refractivity contribution is 0.187. The molecule has 1 saturated heterocycles. The monoisotopic (exact) mass is 404 g/mol. The third-order valence-electron chi connectivity index (χ3n) is 6.81. The zero-order chi connectivity index (χ0) is 20.7. The van der Waals surface area contributed by atoms with Crippen LogP contribution in [0.25, 0.3) is 10.9 Å². The summed E-state index contributed by atoms with van der Waals surface area (Å²) >= 11 is 0. The molecule has 0 radical (unpaired) electrons. The van der Waals surface area contributed by atoms with E-state index < -0.39 is 6.10 Å². The first-order valence-electron chi connectivity index (χ1n) is 11.3. The number of pyridine rings is 1. The molecule has 3 aromatic rings. The lowest BCUT2D eigenvalue weighted by Gasteiger charge is -2.35. The van der Waals surface area contributed by atoms with E-state index in [1.54, 1.807) is 0 Å². The zero-order valence-corrected chi connectivity index (χ0v) is 18.1. The maximum atomic E-state index is 10.6. The van der Waals surface area contributed by atoms with E-state index in [9.17, 15) is 5.11 Å². The molecule has 0 bridgehead atoms. The highest BCUT2D eigenvalue weighted by Crippen LogP contribution is 2.36. The number of aliphatic hydroxyl groups excluding tert-OH is 1.